The fourth-order valence-corrected chi connectivity index (χ4v) is 1.58. The second kappa shape index (κ2) is 16.8. The van der Waals surface area contributed by atoms with Crippen LogP contribution >= 0.6 is 0 Å². The van der Waals surface area contributed by atoms with Gasteiger partial charge in [-0.05, 0) is 7.05 Å². The van der Waals surface area contributed by atoms with Crippen LogP contribution in [0.4, 0.5) is 0 Å². The van der Waals surface area contributed by atoms with E-state index >= 15 is 0 Å². The average Bonchev–Trinajstić information content (AvgIpc) is 2.47. The predicted molar refractivity (Wildman–Crippen MR) is 79.6 cm³/mol. The van der Waals surface area contributed by atoms with E-state index in [9.17, 15) is 0 Å². The van der Waals surface area contributed by atoms with Gasteiger partial charge in [0.15, 0.2) is 0 Å². The molecule has 0 amide bonds. The molecule has 0 aliphatic rings. The molecule has 0 spiro atoms. The highest BCUT2D eigenvalue weighted by molar-refractivity contribution is 4.57. The average molecular weight is 293 g/mol. The summed E-state index contributed by atoms with van der Waals surface area (Å²) in [6, 6.07) is 0. The zero-order valence-corrected chi connectivity index (χ0v) is 12.9. The molecule has 0 bridgehead atoms. The van der Waals surface area contributed by atoms with Gasteiger partial charge in [0.2, 0.25) is 0 Å². The van der Waals surface area contributed by atoms with Crippen molar-refractivity contribution in [2.24, 2.45) is 5.73 Å². The number of rotatable bonds is 16. The summed E-state index contributed by atoms with van der Waals surface area (Å²) in [7, 11) is 1.92. The van der Waals surface area contributed by atoms with Crippen molar-refractivity contribution in [2.45, 2.75) is 0 Å². The van der Waals surface area contributed by atoms with E-state index in [-0.39, 0.29) is 0 Å². The topological polar surface area (TPSA) is 96.6 Å². The highest BCUT2D eigenvalue weighted by atomic mass is 16.5. The Morgan fingerprint density at radius 3 is 1.95 bits per heavy atom. The molecule has 0 saturated heterocycles. The quantitative estimate of drug-likeness (QED) is 0.278. The molecule has 0 heterocycles. The number of nitrogens with zero attached hydrogens (tertiary/aromatic N) is 1. The molecule has 0 atom stereocenters. The van der Waals surface area contributed by atoms with E-state index < -0.39 is 0 Å². The second-order valence-corrected chi connectivity index (χ2v) is 4.42. The summed E-state index contributed by atoms with van der Waals surface area (Å²) in [5.41, 5.74) is 9.15. The molecule has 0 unspecified atom stereocenters. The third kappa shape index (κ3) is 14.1. The van der Waals surface area contributed by atoms with Gasteiger partial charge in [0, 0.05) is 32.7 Å². The number of hydrogen-bond donors (Lipinski definition) is 3. The zero-order valence-electron chi connectivity index (χ0n) is 12.9. The van der Waals surface area contributed by atoms with E-state index in [1.807, 2.05) is 7.05 Å². The van der Waals surface area contributed by atoms with Crippen molar-refractivity contribution in [3.8, 4) is 0 Å². The smallest absolute Gasteiger partial charge is 0.0977 e. The summed E-state index contributed by atoms with van der Waals surface area (Å²) in [5.74, 6) is 0. The van der Waals surface area contributed by atoms with Gasteiger partial charge in [0.1, 0.15) is 0 Å². The van der Waals surface area contributed by atoms with E-state index in [2.05, 4.69) is 16.0 Å². The van der Waals surface area contributed by atoms with E-state index in [0.717, 1.165) is 59.2 Å². The van der Waals surface area contributed by atoms with Crippen LogP contribution in [0.2, 0.25) is 0 Å². The predicted octanol–water partition coefficient (Wildman–Crippen LogP) is -2.24. The standard InChI is InChI=1S/C13H32N4O3/c1-16-4-10-20-13-7-17(5-11-18-8-2-14)6-12-19-9-3-15/h16H,2-15H2,1H3/p+1. The molecular formula is C13H33N4O3+. The molecule has 0 saturated carbocycles. The van der Waals surface area contributed by atoms with Crippen LogP contribution in [0.5, 0.6) is 0 Å². The Morgan fingerprint density at radius 2 is 1.45 bits per heavy atom. The van der Waals surface area contributed by atoms with Crippen molar-refractivity contribution in [1.82, 2.24) is 10.2 Å². The fourth-order valence-electron chi connectivity index (χ4n) is 1.58. The monoisotopic (exact) mass is 293 g/mol. The zero-order chi connectivity index (χ0) is 14.9. The minimum Gasteiger partial charge on any atom is -0.379 e. The lowest BCUT2D eigenvalue weighted by atomic mass is 10.4. The van der Waals surface area contributed by atoms with Gasteiger partial charge in [0.05, 0.1) is 46.2 Å². The molecular weight excluding hydrogens is 260 g/mol. The van der Waals surface area contributed by atoms with Crippen molar-refractivity contribution in [3.05, 3.63) is 0 Å². The first-order chi connectivity index (χ1) is 9.85. The Labute approximate surface area is 122 Å². The second-order valence-electron chi connectivity index (χ2n) is 4.42. The lowest BCUT2D eigenvalue weighted by Crippen LogP contribution is -2.52. The van der Waals surface area contributed by atoms with Gasteiger partial charge in [-0.3, -0.25) is 4.90 Å². The van der Waals surface area contributed by atoms with Gasteiger partial charge in [0.25, 0.3) is 0 Å². The van der Waals surface area contributed by atoms with Crippen LogP contribution in [-0.2, 0) is 14.2 Å². The summed E-state index contributed by atoms with van der Waals surface area (Å²) in [6.07, 6.45) is 0. The molecule has 122 valence electrons. The van der Waals surface area contributed by atoms with Gasteiger partial charge in [-0.1, -0.05) is 0 Å². The number of nitrogens with one attached hydrogen (secondary N) is 1. The Hall–Kier alpha value is -0.280. The SMILES string of the molecule is CNCCOCCN(CCOCCN)CCOCC[NH3+]. The largest absolute Gasteiger partial charge is 0.379 e. The fraction of sp³-hybridized carbons (Fsp3) is 1.00. The van der Waals surface area contributed by atoms with Crippen LogP contribution in [0.15, 0.2) is 0 Å². The van der Waals surface area contributed by atoms with Gasteiger partial charge >= 0.3 is 0 Å². The highest BCUT2D eigenvalue weighted by Crippen LogP contribution is 1.91. The Balaban J connectivity index is 3.67. The maximum Gasteiger partial charge on any atom is 0.0977 e. The molecule has 0 aromatic heterocycles. The number of nitrogens with two attached hydrogens (primary N) is 1. The molecule has 0 rings (SSSR count). The lowest BCUT2D eigenvalue weighted by Gasteiger charge is -2.22. The third-order valence-corrected chi connectivity index (χ3v) is 2.70. The first-order valence-electron chi connectivity index (χ1n) is 7.44. The van der Waals surface area contributed by atoms with E-state index in [4.69, 9.17) is 19.9 Å². The van der Waals surface area contributed by atoms with Crippen LogP contribution in [-0.4, -0.2) is 90.9 Å². The maximum absolute atomic E-state index is 5.54. The molecule has 0 aliphatic carbocycles. The van der Waals surface area contributed by atoms with Crippen LogP contribution in [0.3, 0.4) is 0 Å². The first kappa shape index (κ1) is 19.7. The first-order valence-corrected chi connectivity index (χ1v) is 7.44. The maximum atomic E-state index is 5.54. The van der Waals surface area contributed by atoms with E-state index in [0.29, 0.717) is 19.8 Å². The minimum atomic E-state index is 0.569. The molecule has 7 nitrogen and oxygen atoms in total. The molecule has 0 aromatic rings. The molecule has 0 radical (unpaired) electrons. The van der Waals surface area contributed by atoms with Crippen LogP contribution < -0.4 is 16.8 Å². The van der Waals surface area contributed by atoms with Crippen molar-refractivity contribution in [3.63, 3.8) is 0 Å². The van der Waals surface area contributed by atoms with Crippen molar-refractivity contribution in [2.75, 3.05) is 86.0 Å². The number of ether oxygens (including phenoxy) is 3. The molecule has 0 fully saturated rings. The molecule has 7 heteroatoms. The van der Waals surface area contributed by atoms with Crippen LogP contribution in [0.25, 0.3) is 0 Å². The van der Waals surface area contributed by atoms with Gasteiger partial charge < -0.3 is 31.0 Å². The Kier molecular flexibility index (Phi) is 16.5. The van der Waals surface area contributed by atoms with E-state index in [1.54, 1.807) is 0 Å². The van der Waals surface area contributed by atoms with Crippen molar-refractivity contribution >= 4 is 0 Å². The number of hydrogen-bond acceptors (Lipinski definition) is 6. The molecule has 0 aliphatic heterocycles. The normalized spacial score (nSPS) is 11.4. The molecule has 20 heavy (non-hydrogen) atoms. The summed E-state index contributed by atoms with van der Waals surface area (Å²) in [6.45, 7) is 9.15. The Bertz CT molecular complexity index is 175. The van der Waals surface area contributed by atoms with Crippen LogP contribution in [0.1, 0.15) is 0 Å². The summed E-state index contributed by atoms with van der Waals surface area (Å²) in [5, 5.41) is 3.06. The highest BCUT2D eigenvalue weighted by Gasteiger charge is 2.05. The summed E-state index contributed by atoms with van der Waals surface area (Å²) < 4.78 is 16.4. The number of likely N-dealkylation sites (N-methyl/N-ethyl adjacent to an activating group) is 1. The molecule has 6 N–H and O–H groups in total. The van der Waals surface area contributed by atoms with Gasteiger partial charge in [-0.15, -0.1) is 0 Å². The Morgan fingerprint density at radius 1 is 0.900 bits per heavy atom. The lowest BCUT2D eigenvalue weighted by molar-refractivity contribution is -0.374. The van der Waals surface area contributed by atoms with Crippen molar-refractivity contribution < 1.29 is 19.9 Å². The van der Waals surface area contributed by atoms with Gasteiger partial charge in [-0.25, -0.2) is 0 Å². The minimum absolute atomic E-state index is 0.569. The summed E-state index contributed by atoms with van der Waals surface area (Å²) >= 11 is 0. The van der Waals surface area contributed by atoms with Gasteiger partial charge in [-0.2, -0.15) is 0 Å². The number of quaternary nitrogens is 1. The van der Waals surface area contributed by atoms with Crippen molar-refractivity contribution in [1.29, 1.82) is 0 Å². The summed E-state index contributed by atoms with van der Waals surface area (Å²) in [4.78, 5) is 2.29. The third-order valence-electron chi connectivity index (χ3n) is 2.70. The molecule has 0 aromatic carbocycles. The van der Waals surface area contributed by atoms with E-state index in [1.165, 1.54) is 0 Å². The van der Waals surface area contributed by atoms with Crippen LogP contribution in [0, 0.1) is 0 Å².